The molecule has 0 aliphatic heterocycles. The number of benzene rings is 2. The Balaban J connectivity index is 3.02. The first-order valence-corrected chi connectivity index (χ1v) is 4.99. The van der Waals surface area contributed by atoms with Crippen molar-refractivity contribution in [1.29, 1.82) is 0 Å². The molecule has 0 atom stereocenters. The highest BCUT2D eigenvalue weighted by Gasteiger charge is 2.07. The largest absolute Gasteiger partial charge is 0.398 e. The molecular weight excluding hydrogens is 212 g/mol. The van der Waals surface area contributed by atoms with Gasteiger partial charge < -0.3 is 11.5 Å². The minimum absolute atomic E-state index is 0.595. The van der Waals surface area contributed by atoms with Gasteiger partial charge in [-0.1, -0.05) is 12.1 Å². The van der Waals surface area contributed by atoms with Crippen molar-refractivity contribution in [3.05, 3.63) is 24.3 Å². The Kier molecular flexibility index (Phi) is 2.25. The van der Waals surface area contributed by atoms with Gasteiger partial charge in [-0.15, -0.1) is 25.3 Å². The summed E-state index contributed by atoms with van der Waals surface area (Å²) in [6.07, 6.45) is 0. The second-order valence-corrected chi connectivity index (χ2v) is 4.03. The summed E-state index contributed by atoms with van der Waals surface area (Å²) in [5, 5.41) is 1.85. The molecule has 0 aliphatic rings. The van der Waals surface area contributed by atoms with Crippen molar-refractivity contribution < 1.29 is 0 Å². The first-order valence-electron chi connectivity index (χ1n) is 4.10. The third kappa shape index (κ3) is 1.31. The number of fused-ring (bicyclic) bond motifs is 1. The van der Waals surface area contributed by atoms with Gasteiger partial charge in [0.1, 0.15) is 0 Å². The molecule has 4 N–H and O–H groups in total. The normalized spacial score (nSPS) is 10.7. The number of anilines is 2. The van der Waals surface area contributed by atoms with E-state index in [2.05, 4.69) is 25.3 Å². The molecule has 2 aromatic rings. The van der Waals surface area contributed by atoms with Crippen molar-refractivity contribution in [3.63, 3.8) is 0 Å². The maximum absolute atomic E-state index is 5.86. The van der Waals surface area contributed by atoms with Gasteiger partial charge in [-0.3, -0.25) is 0 Å². The van der Waals surface area contributed by atoms with Crippen LogP contribution in [-0.4, -0.2) is 0 Å². The quantitative estimate of drug-likeness (QED) is 0.409. The van der Waals surface area contributed by atoms with Crippen LogP contribution in [0.25, 0.3) is 10.8 Å². The summed E-state index contributed by atoms with van der Waals surface area (Å²) < 4.78 is 0. The highest BCUT2D eigenvalue weighted by molar-refractivity contribution is 7.81. The minimum Gasteiger partial charge on any atom is -0.398 e. The standard InChI is InChI=1S/C10H10N2S2/c11-6-4-7(12)10(14)5-2-1-3-8(13)9(5)6/h1-4,13-14H,11-12H2. The van der Waals surface area contributed by atoms with Crippen LogP contribution in [0.4, 0.5) is 11.4 Å². The fourth-order valence-corrected chi connectivity index (χ4v) is 2.09. The fourth-order valence-electron chi connectivity index (χ4n) is 1.50. The lowest BCUT2D eigenvalue weighted by atomic mass is 10.1. The molecule has 0 aliphatic carbocycles. The summed E-state index contributed by atoms with van der Waals surface area (Å²) in [6, 6.07) is 7.45. The summed E-state index contributed by atoms with van der Waals surface area (Å²) >= 11 is 8.69. The van der Waals surface area contributed by atoms with E-state index in [1.54, 1.807) is 6.07 Å². The van der Waals surface area contributed by atoms with E-state index in [0.29, 0.717) is 11.4 Å². The third-order valence-electron chi connectivity index (χ3n) is 2.17. The van der Waals surface area contributed by atoms with E-state index in [4.69, 9.17) is 11.5 Å². The lowest BCUT2D eigenvalue weighted by Crippen LogP contribution is -1.94. The van der Waals surface area contributed by atoms with Gasteiger partial charge >= 0.3 is 0 Å². The Bertz CT molecular complexity index is 509. The fraction of sp³-hybridized carbons (Fsp3) is 0. The van der Waals surface area contributed by atoms with Crippen LogP contribution in [-0.2, 0) is 0 Å². The van der Waals surface area contributed by atoms with Crippen molar-refractivity contribution in [2.24, 2.45) is 0 Å². The number of hydrogen-bond donors (Lipinski definition) is 4. The van der Waals surface area contributed by atoms with E-state index in [9.17, 15) is 0 Å². The molecule has 0 heterocycles. The molecule has 14 heavy (non-hydrogen) atoms. The third-order valence-corrected chi connectivity index (χ3v) is 3.04. The molecule has 0 saturated heterocycles. The first kappa shape index (κ1) is 9.55. The molecule has 0 aromatic heterocycles. The number of rotatable bonds is 0. The van der Waals surface area contributed by atoms with Gasteiger partial charge in [-0.05, 0) is 12.1 Å². The maximum Gasteiger partial charge on any atom is 0.0476 e. The van der Waals surface area contributed by atoms with Crippen LogP contribution in [0.15, 0.2) is 34.1 Å². The predicted molar refractivity (Wildman–Crippen MR) is 67.3 cm³/mol. The van der Waals surface area contributed by atoms with E-state index in [0.717, 1.165) is 20.6 Å². The van der Waals surface area contributed by atoms with E-state index in [1.165, 1.54) is 0 Å². The van der Waals surface area contributed by atoms with Crippen molar-refractivity contribution >= 4 is 47.4 Å². The van der Waals surface area contributed by atoms with Crippen LogP contribution >= 0.6 is 25.3 Å². The molecule has 2 rings (SSSR count). The minimum atomic E-state index is 0.595. The predicted octanol–water partition coefficient (Wildman–Crippen LogP) is 2.58. The van der Waals surface area contributed by atoms with Gasteiger partial charge in [0.2, 0.25) is 0 Å². The maximum atomic E-state index is 5.86. The molecular formula is C10H10N2S2. The summed E-state index contributed by atoms with van der Waals surface area (Å²) in [7, 11) is 0. The zero-order chi connectivity index (χ0) is 10.3. The van der Waals surface area contributed by atoms with Crippen LogP contribution in [0.2, 0.25) is 0 Å². The summed E-state index contributed by atoms with van der Waals surface area (Å²) in [6.45, 7) is 0. The molecule has 0 fully saturated rings. The Morgan fingerprint density at radius 2 is 1.71 bits per heavy atom. The molecule has 0 unspecified atom stereocenters. The topological polar surface area (TPSA) is 52.0 Å². The van der Waals surface area contributed by atoms with Gasteiger partial charge in [0.15, 0.2) is 0 Å². The zero-order valence-electron chi connectivity index (χ0n) is 7.36. The van der Waals surface area contributed by atoms with E-state index in [1.807, 2.05) is 18.2 Å². The van der Waals surface area contributed by atoms with Gasteiger partial charge in [0.25, 0.3) is 0 Å². The molecule has 0 saturated carbocycles. The molecule has 0 amide bonds. The number of hydrogen-bond acceptors (Lipinski definition) is 4. The number of nitrogen functional groups attached to an aromatic ring is 2. The second-order valence-electron chi connectivity index (χ2n) is 3.10. The second kappa shape index (κ2) is 3.29. The van der Waals surface area contributed by atoms with E-state index in [-0.39, 0.29) is 0 Å². The zero-order valence-corrected chi connectivity index (χ0v) is 9.15. The van der Waals surface area contributed by atoms with Gasteiger partial charge in [0.05, 0.1) is 0 Å². The average Bonchev–Trinajstić information content (AvgIpc) is 2.14. The smallest absolute Gasteiger partial charge is 0.0476 e. The summed E-state index contributed by atoms with van der Waals surface area (Å²) in [5.74, 6) is 0. The van der Waals surface area contributed by atoms with Crippen LogP contribution in [0.5, 0.6) is 0 Å². The Hall–Kier alpha value is -1.00. The molecule has 0 spiro atoms. The van der Waals surface area contributed by atoms with E-state index >= 15 is 0 Å². The number of nitrogens with two attached hydrogens (primary N) is 2. The molecule has 2 aromatic carbocycles. The lowest BCUT2D eigenvalue weighted by molar-refractivity contribution is 1.49. The van der Waals surface area contributed by atoms with Crippen LogP contribution in [0.3, 0.4) is 0 Å². The Morgan fingerprint density at radius 1 is 1.00 bits per heavy atom. The number of thiol groups is 2. The Morgan fingerprint density at radius 3 is 2.43 bits per heavy atom. The Labute approximate surface area is 93.1 Å². The van der Waals surface area contributed by atoms with Crippen LogP contribution in [0.1, 0.15) is 0 Å². The summed E-state index contributed by atoms with van der Waals surface area (Å²) in [5.41, 5.74) is 12.9. The first-order chi connectivity index (χ1) is 6.61. The van der Waals surface area contributed by atoms with Gasteiger partial charge in [-0.25, -0.2) is 0 Å². The van der Waals surface area contributed by atoms with Crippen LogP contribution in [0, 0.1) is 0 Å². The molecule has 4 heteroatoms. The monoisotopic (exact) mass is 222 g/mol. The van der Waals surface area contributed by atoms with Crippen molar-refractivity contribution in [1.82, 2.24) is 0 Å². The van der Waals surface area contributed by atoms with Gasteiger partial charge in [0, 0.05) is 31.9 Å². The summed E-state index contributed by atoms with van der Waals surface area (Å²) in [4.78, 5) is 1.60. The highest BCUT2D eigenvalue weighted by Crippen LogP contribution is 2.35. The molecule has 72 valence electrons. The highest BCUT2D eigenvalue weighted by atomic mass is 32.1. The molecule has 2 nitrogen and oxygen atoms in total. The molecule has 0 bridgehead atoms. The van der Waals surface area contributed by atoms with Crippen LogP contribution < -0.4 is 11.5 Å². The SMILES string of the molecule is Nc1cc(N)c2c(S)cccc2c1S. The van der Waals surface area contributed by atoms with Crippen molar-refractivity contribution in [2.75, 3.05) is 11.5 Å². The lowest BCUT2D eigenvalue weighted by Gasteiger charge is -2.09. The van der Waals surface area contributed by atoms with Crippen molar-refractivity contribution in [3.8, 4) is 0 Å². The van der Waals surface area contributed by atoms with Gasteiger partial charge in [-0.2, -0.15) is 0 Å². The van der Waals surface area contributed by atoms with E-state index < -0.39 is 0 Å². The average molecular weight is 222 g/mol. The molecule has 0 radical (unpaired) electrons. The van der Waals surface area contributed by atoms with Crippen molar-refractivity contribution in [2.45, 2.75) is 9.79 Å².